The molecule has 0 saturated carbocycles. The monoisotopic (exact) mass is 619 g/mol. The van der Waals surface area contributed by atoms with Gasteiger partial charge in [-0.1, -0.05) is 94.6 Å². The first-order chi connectivity index (χ1) is 15.7. The quantitative estimate of drug-likeness (QED) is 0.172. The van der Waals surface area contributed by atoms with E-state index in [1.165, 1.54) is 49.4 Å². The summed E-state index contributed by atoms with van der Waals surface area (Å²) in [6.45, 7) is 11.5. The molecule has 1 nitrogen and oxygen atoms in total. The Kier molecular flexibility index (Phi) is 5.32. The number of nitrogens with zero attached hydrogens (tertiary/aromatic N) is 1. The van der Waals surface area contributed by atoms with Crippen molar-refractivity contribution in [2.75, 3.05) is 0 Å². The van der Waals surface area contributed by atoms with Crippen LogP contribution in [-0.4, -0.2) is 4.98 Å². The molecule has 1 heterocycles. The number of benzene rings is 4. The second-order valence-electron chi connectivity index (χ2n) is 10.9. The Hall–Kier alpha value is -2.80. The summed E-state index contributed by atoms with van der Waals surface area (Å²) in [6, 6.07) is 30.1. The number of hydrogen-bond acceptors (Lipinski definition) is 1. The molecule has 34 heavy (non-hydrogen) atoms. The van der Waals surface area contributed by atoms with Crippen molar-refractivity contribution in [1.29, 1.82) is 0 Å². The smallest absolute Gasteiger partial charge is 0.0167 e. The molecule has 0 saturated heterocycles. The molecule has 6 rings (SSSR count). The van der Waals surface area contributed by atoms with Crippen LogP contribution in [0.1, 0.15) is 51.3 Å². The van der Waals surface area contributed by atoms with Crippen molar-refractivity contribution in [2.24, 2.45) is 0 Å². The zero-order chi connectivity index (χ0) is 23.0. The van der Waals surface area contributed by atoms with E-state index in [0.29, 0.717) is 0 Å². The van der Waals surface area contributed by atoms with Crippen molar-refractivity contribution >= 4 is 21.5 Å². The molecule has 2 heteroatoms. The topological polar surface area (TPSA) is 12.9 Å². The SMILES string of the molecule is CC(C)(C)c1ccc2c[c-]c(-c3nccc4c3C(C)(C)c3c-4ccc4ccccc34)cc2c1.[Ir]. The largest absolute Gasteiger partial charge is 0.304 e. The summed E-state index contributed by atoms with van der Waals surface area (Å²) in [4.78, 5) is 4.93. The van der Waals surface area contributed by atoms with E-state index in [4.69, 9.17) is 4.98 Å². The maximum Gasteiger partial charge on any atom is 0.0167 e. The first-order valence-corrected chi connectivity index (χ1v) is 11.7. The van der Waals surface area contributed by atoms with Crippen molar-refractivity contribution in [3.05, 3.63) is 102 Å². The van der Waals surface area contributed by atoms with Gasteiger partial charge in [-0.3, -0.25) is 0 Å². The van der Waals surface area contributed by atoms with Crippen molar-refractivity contribution in [1.82, 2.24) is 4.98 Å². The standard InChI is InChI=1S/C32H28N.Ir/c1-31(2,3)24-14-12-20-10-11-22(18-23(20)19-24)30-29-27(16-17-33-30)26-15-13-21-8-6-7-9-25(21)28(26)32(29,4)5;/h6-10,12-19H,1-5H3;/q-1;. The van der Waals surface area contributed by atoms with Crippen LogP contribution in [0.2, 0.25) is 0 Å². The number of aromatic nitrogens is 1. The number of rotatable bonds is 1. The predicted octanol–water partition coefficient (Wildman–Crippen LogP) is 8.46. The minimum Gasteiger partial charge on any atom is -0.304 e. The predicted molar refractivity (Wildman–Crippen MR) is 140 cm³/mol. The number of pyridine rings is 1. The molecule has 171 valence electrons. The van der Waals surface area contributed by atoms with Gasteiger partial charge >= 0.3 is 0 Å². The fraction of sp³-hybridized carbons (Fsp3) is 0.219. The molecular formula is C32H28IrN-. The zero-order valence-electron chi connectivity index (χ0n) is 20.3. The van der Waals surface area contributed by atoms with Crippen molar-refractivity contribution in [3.63, 3.8) is 0 Å². The van der Waals surface area contributed by atoms with Crippen molar-refractivity contribution in [2.45, 2.75) is 45.4 Å². The average molecular weight is 619 g/mol. The van der Waals surface area contributed by atoms with Gasteiger partial charge in [0.05, 0.1) is 0 Å². The Morgan fingerprint density at radius 3 is 2.29 bits per heavy atom. The van der Waals surface area contributed by atoms with Gasteiger partial charge in [0.25, 0.3) is 0 Å². The van der Waals surface area contributed by atoms with Crippen LogP contribution in [-0.2, 0) is 30.9 Å². The Labute approximate surface area is 215 Å². The van der Waals surface area contributed by atoms with Gasteiger partial charge in [0, 0.05) is 31.7 Å². The molecule has 4 aromatic carbocycles. The van der Waals surface area contributed by atoms with Gasteiger partial charge in [0.1, 0.15) is 0 Å². The van der Waals surface area contributed by atoms with Gasteiger partial charge in [-0.15, -0.1) is 29.1 Å². The summed E-state index contributed by atoms with van der Waals surface area (Å²) >= 11 is 0. The fourth-order valence-electron chi connectivity index (χ4n) is 5.60. The normalized spacial score (nSPS) is 14.0. The van der Waals surface area contributed by atoms with Gasteiger partial charge in [-0.25, -0.2) is 0 Å². The van der Waals surface area contributed by atoms with E-state index in [9.17, 15) is 0 Å². The Bertz CT molecular complexity index is 1570. The Balaban J connectivity index is 0.00000241. The van der Waals surface area contributed by atoms with E-state index in [-0.39, 0.29) is 30.9 Å². The maximum atomic E-state index is 4.93. The fourth-order valence-corrected chi connectivity index (χ4v) is 5.60. The van der Waals surface area contributed by atoms with Gasteiger partial charge in [0.15, 0.2) is 0 Å². The van der Waals surface area contributed by atoms with Crippen LogP contribution in [0.25, 0.3) is 43.9 Å². The minimum absolute atomic E-state index is 0. The van der Waals surface area contributed by atoms with Crippen LogP contribution >= 0.6 is 0 Å². The molecule has 0 amide bonds. The molecule has 5 aromatic rings. The van der Waals surface area contributed by atoms with Crippen LogP contribution in [0, 0.1) is 6.07 Å². The second kappa shape index (κ2) is 7.87. The first-order valence-electron chi connectivity index (χ1n) is 11.7. The van der Waals surface area contributed by atoms with Crippen molar-refractivity contribution in [3.8, 4) is 22.4 Å². The molecule has 0 spiro atoms. The third-order valence-electron chi connectivity index (χ3n) is 7.31. The zero-order valence-corrected chi connectivity index (χ0v) is 22.7. The van der Waals surface area contributed by atoms with Crippen molar-refractivity contribution < 1.29 is 20.1 Å². The minimum atomic E-state index is -0.148. The summed E-state index contributed by atoms with van der Waals surface area (Å²) in [5.41, 5.74) is 8.75. The Morgan fingerprint density at radius 1 is 0.765 bits per heavy atom. The molecule has 1 aliphatic carbocycles. The third-order valence-corrected chi connectivity index (χ3v) is 7.31. The molecule has 0 aliphatic heterocycles. The molecule has 1 aliphatic rings. The molecule has 0 unspecified atom stereocenters. The average Bonchev–Trinajstić information content (AvgIpc) is 3.05. The number of hydrogen-bond donors (Lipinski definition) is 0. The molecular weight excluding hydrogens is 591 g/mol. The molecule has 0 N–H and O–H groups in total. The maximum absolute atomic E-state index is 4.93. The molecule has 0 fully saturated rings. The van der Waals surface area contributed by atoms with Gasteiger partial charge in [-0.05, 0) is 55.8 Å². The van der Waals surface area contributed by atoms with Crippen LogP contribution in [0.4, 0.5) is 0 Å². The van der Waals surface area contributed by atoms with Gasteiger partial charge in [0.2, 0.25) is 0 Å². The molecule has 1 aromatic heterocycles. The van der Waals surface area contributed by atoms with Crippen LogP contribution in [0.3, 0.4) is 0 Å². The summed E-state index contributed by atoms with van der Waals surface area (Å²) in [5, 5.41) is 5.08. The van der Waals surface area contributed by atoms with E-state index in [1.54, 1.807) is 0 Å². The van der Waals surface area contributed by atoms with Gasteiger partial charge < -0.3 is 4.98 Å². The van der Waals surface area contributed by atoms with E-state index in [1.807, 2.05) is 6.20 Å². The van der Waals surface area contributed by atoms with Crippen LogP contribution < -0.4 is 0 Å². The second-order valence-corrected chi connectivity index (χ2v) is 10.9. The molecule has 1 radical (unpaired) electrons. The van der Waals surface area contributed by atoms with E-state index >= 15 is 0 Å². The third kappa shape index (κ3) is 3.35. The van der Waals surface area contributed by atoms with Gasteiger partial charge in [-0.2, -0.15) is 0 Å². The summed E-state index contributed by atoms with van der Waals surface area (Å²) < 4.78 is 0. The van der Waals surface area contributed by atoms with Crippen LogP contribution in [0.5, 0.6) is 0 Å². The summed E-state index contributed by atoms with van der Waals surface area (Å²) in [6.07, 6.45) is 1.96. The van der Waals surface area contributed by atoms with E-state index in [2.05, 4.69) is 113 Å². The first kappa shape index (κ1) is 23.0. The molecule has 0 bridgehead atoms. The molecule has 0 atom stereocenters. The van der Waals surface area contributed by atoms with E-state index < -0.39 is 0 Å². The van der Waals surface area contributed by atoms with E-state index in [0.717, 1.165) is 11.3 Å². The summed E-state index contributed by atoms with van der Waals surface area (Å²) in [5.74, 6) is 0. The number of fused-ring (bicyclic) bond motifs is 6. The summed E-state index contributed by atoms with van der Waals surface area (Å²) in [7, 11) is 0. The van der Waals surface area contributed by atoms with Crippen LogP contribution in [0.15, 0.2) is 79.0 Å². The Morgan fingerprint density at radius 2 is 1.50 bits per heavy atom.